The molecule has 2 rings (SSSR count). The Morgan fingerprint density at radius 2 is 2.40 bits per heavy atom. The average molecular weight is 209 g/mol. The standard InChI is InChI=1S/C10H15N3O2/c1-13(8-5-11-6-9(8)14)10(15)7-3-2-4-12-7/h2-4,8-9,11-12,14H,5-6H2,1H3/t8-,9-/m1/s1. The molecule has 1 fully saturated rings. The number of β-amino-alcohol motifs (C(OH)–C–C–N with tert-alkyl or cyclic N) is 1. The molecule has 0 saturated carbocycles. The SMILES string of the molecule is CN(C(=O)c1ccc[nH]1)[C@@H]1CNC[C@H]1O. The first-order valence-electron chi connectivity index (χ1n) is 4.99. The summed E-state index contributed by atoms with van der Waals surface area (Å²) in [5.41, 5.74) is 0.552. The third-order valence-electron chi connectivity index (χ3n) is 2.80. The number of likely N-dealkylation sites (N-methyl/N-ethyl adjacent to an activating group) is 1. The van der Waals surface area contributed by atoms with Crippen LogP contribution >= 0.6 is 0 Å². The van der Waals surface area contributed by atoms with Crippen LogP contribution in [0.3, 0.4) is 0 Å². The Bertz CT molecular complexity index is 336. The van der Waals surface area contributed by atoms with Gasteiger partial charge < -0.3 is 20.3 Å². The number of carbonyl (C=O) groups is 1. The van der Waals surface area contributed by atoms with Gasteiger partial charge in [-0.1, -0.05) is 0 Å². The second-order valence-corrected chi connectivity index (χ2v) is 3.79. The summed E-state index contributed by atoms with van der Waals surface area (Å²) >= 11 is 0. The summed E-state index contributed by atoms with van der Waals surface area (Å²) < 4.78 is 0. The van der Waals surface area contributed by atoms with Gasteiger partial charge in [0.05, 0.1) is 12.1 Å². The van der Waals surface area contributed by atoms with Gasteiger partial charge in [0.15, 0.2) is 0 Å². The van der Waals surface area contributed by atoms with Crippen LogP contribution in [0.1, 0.15) is 10.5 Å². The lowest BCUT2D eigenvalue weighted by molar-refractivity contribution is 0.0576. The molecule has 2 atom stereocenters. The summed E-state index contributed by atoms with van der Waals surface area (Å²) in [6.07, 6.45) is 1.23. The number of aliphatic hydroxyl groups is 1. The van der Waals surface area contributed by atoms with Crippen LogP contribution in [0.4, 0.5) is 0 Å². The van der Waals surface area contributed by atoms with Gasteiger partial charge in [-0.15, -0.1) is 0 Å². The summed E-state index contributed by atoms with van der Waals surface area (Å²) in [7, 11) is 1.71. The largest absolute Gasteiger partial charge is 0.390 e. The molecule has 0 radical (unpaired) electrons. The fourth-order valence-electron chi connectivity index (χ4n) is 1.85. The third-order valence-corrected chi connectivity index (χ3v) is 2.80. The quantitative estimate of drug-likeness (QED) is 0.610. The number of hydrogen-bond acceptors (Lipinski definition) is 3. The topological polar surface area (TPSA) is 68.4 Å². The Balaban J connectivity index is 2.07. The Hall–Kier alpha value is -1.33. The summed E-state index contributed by atoms with van der Waals surface area (Å²) in [6.45, 7) is 1.19. The van der Waals surface area contributed by atoms with Crippen LogP contribution in [0.5, 0.6) is 0 Å². The lowest BCUT2D eigenvalue weighted by atomic mass is 10.2. The number of nitrogens with zero attached hydrogens (tertiary/aromatic N) is 1. The molecule has 3 N–H and O–H groups in total. The van der Waals surface area contributed by atoms with Crippen molar-refractivity contribution in [1.29, 1.82) is 0 Å². The van der Waals surface area contributed by atoms with E-state index >= 15 is 0 Å². The number of H-pyrrole nitrogens is 1. The van der Waals surface area contributed by atoms with Crippen LogP contribution in [0.15, 0.2) is 18.3 Å². The molecule has 0 spiro atoms. The maximum Gasteiger partial charge on any atom is 0.270 e. The van der Waals surface area contributed by atoms with Crippen molar-refractivity contribution in [3.8, 4) is 0 Å². The molecule has 0 unspecified atom stereocenters. The van der Waals surface area contributed by atoms with Gasteiger partial charge in [-0.25, -0.2) is 0 Å². The van der Waals surface area contributed by atoms with Crippen LogP contribution in [-0.2, 0) is 0 Å². The first-order valence-corrected chi connectivity index (χ1v) is 4.99. The second kappa shape index (κ2) is 4.04. The fourth-order valence-corrected chi connectivity index (χ4v) is 1.85. The zero-order valence-corrected chi connectivity index (χ0v) is 8.60. The van der Waals surface area contributed by atoms with Gasteiger partial charge >= 0.3 is 0 Å². The first-order chi connectivity index (χ1) is 7.20. The van der Waals surface area contributed by atoms with Crippen molar-refractivity contribution in [2.24, 2.45) is 0 Å². The predicted molar refractivity (Wildman–Crippen MR) is 55.6 cm³/mol. The van der Waals surface area contributed by atoms with Crippen LogP contribution in [-0.4, -0.2) is 53.2 Å². The van der Waals surface area contributed by atoms with E-state index in [4.69, 9.17) is 0 Å². The van der Waals surface area contributed by atoms with E-state index in [1.54, 1.807) is 30.3 Å². The van der Waals surface area contributed by atoms with Gasteiger partial charge in [0, 0.05) is 26.3 Å². The molecule has 0 aliphatic carbocycles. The monoisotopic (exact) mass is 209 g/mol. The van der Waals surface area contributed by atoms with Crippen LogP contribution < -0.4 is 5.32 Å². The molecular weight excluding hydrogens is 194 g/mol. The molecule has 1 amide bonds. The van der Waals surface area contributed by atoms with Crippen molar-refractivity contribution in [1.82, 2.24) is 15.2 Å². The maximum absolute atomic E-state index is 11.9. The number of rotatable bonds is 2. The number of aliphatic hydroxyl groups excluding tert-OH is 1. The van der Waals surface area contributed by atoms with E-state index in [-0.39, 0.29) is 11.9 Å². The van der Waals surface area contributed by atoms with E-state index in [0.717, 1.165) is 0 Å². The Kier molecular flexibility index (Phi) is 2.75. The summed E-state index contributed by atoms with van der Waals surface area (Å²) in [5.74, 6) is -0.0900. The molecule has 15 heavy (non-hydrogen) atoms. The van der Waals surface area contributed by atoms with Crippen LogP contribution in [0.25, 0.3) is 0 Å². The minimum absolute atomic E-state index is 0.0900. The Morgan fingerprint density at radius 3 is 2.93 bits per heavy atom. The molecule has 5 nitrogen and oxygen atoms in total. The van der Waals surface area contributed by atoms with E-state index in [0.29, 0.717) is 18.8 Å². The number of hydrogen-bond donors (Lipinski definition) is 3. The second-order valence-electron chi connectivity index (χ2n) is 3.79. The number of aromatic amines is 1. The highest BCUT2D eigenvalue weighted by atomic mass is 16.3. The maximum atomic E-state index is 11.9. The Morgan fingerprint density at radius 1 is 1.60 bits per heavy atom. The minimum atomic E-state index is -0.478. The zero-order chi connectivity index (χ0) is 10.8. The molecule has 1 aliphatic rings. The number of carbonyl (C=O) groups excluding carboxylic acids is 1. The van der Waals surface area contributed by atoms with Crippen molar-refractivity contribution in [2.45, 2.75) is 12.1 Å². The van der Waals surface area contributed by atoms with Crippen LogP contribution in [0.2, 0.25) is 0 Å². The molecular formula is C10H15N3O2. The smallest absolute Gasteiger partial charge is 0.270 e. The molecule has 1 saturated heterocycles. The third kappa shape index (κ3) is 1.88. The van der Waals surface area contributed by atoms with E-state index in [2.05, 4.69) is 10.3 Å². The van der Waals surface area contributed by atoms with Gasteiger partial charge in [0.25, 0.3) is 5.91 Å². The van der Waals surface area contributed by atoms with E-state index in [9.17, 15) is 9.90 Å². The highest BCUT2D eigenvalue weighted by Crippen LogP contribution is 2.10. The molecule has 1 aromatic rings. The summed E-state index contributed by atoms with van der Waals surface area (Å²) in [5, 5.41) is 12.7. The highest BCUT2D eigenvalue weighted by Gasteiger charge is 2.31. The number of aromatic nitrogens is 1. The predicted octanol–water partition coefficient (Wildman–Crippen LogP) is -0.581. The molecule has 5 heteroatoms. The van der Waals surface area contributed by atoms with Crippen molar-refractivity contribution in [3.05, 3.63) is 24.0 Å². The zero-order valence-electron chi connectivity index (χ0n) is 8.60. The molecule has 0 aromatic carbocycles. The molecule has 82 valence electrons. The molecule has 1 aromatic heterocycles. The lowest BCUT2D eigenvalue weighted by Gasteiger charge is -2.25. The number of nitrogens with one attached hydrogen (secondary N) is 2. The normalized spacial score (nSPS) is 25.5. The summed E-state index contributed by atoms with van der Waals surface area (Å²) in [4.78, 5) is 16.3. The molecule has 1 aliphatic heterocycles. The van der Waals surface area contributed by atoms with E-state index in [1.807, 2.05) is 0 Å². The number of amides is 1. The van der Waals surface area contributed by atoms with Crippen molar-refractivity contribution >= 4 is 5.91 Å². The van der Waals surface area contributed by atoms with Gasteiger partial charge in [-0.3, -0.25) is 4.79 Å². The highest BCUT2D eigenvalue weighted by molar-refractivity contribution is 5.92. The van der Waals surface area contributed by atoms with Crippen molar-refractivity contribution < 1.29 is 9.90 Å². The first kappa shape index (κ1) is 10.2. The lowest BCUT2D eigenvalue weighted by Crippen LogP contribution is -2.44. The van der Waals surface area contributed by atoms with Gasteiger partial charge in [-0.2, -0.15) is 0 Å². The summed E-state index contributed by atoms with van der Waals surface area (Å²) in [6, 6.07) is 3.37. The van der Waals surface area contributed by atoms with Crippen molar-refractivity contribution in [2.75, 3.05) is 20.1 Å². The van der Waals surface area contributed by atoms with Crippen LogP contribution in [0, 0.1) is 0 Å². The van der Waals surface area contributed by atoms with Gasteiger partial charge in [0.1, 0.15) is 5.69 Å². The minimum Gasteiger partial charge on any atom is -0.390 e. The average Bonchev–Trinajstić information content (AvgIpc) is 2.85. The van der Waals surface area contributed by atoms with Crippen molar-refractivity contribution in [3.63, 3.8) is 0 Å². The molecule has 0 bridgehead atoms. The fraction of sp³-hybridized carbons (Fsp3) is 0.500. The van der Waals surface area contributed by atoms with Gasteiger partial charge in [0.2, 0.25) is 0 Å². The molecule has 2 heterocycles. The Labute approximate surface area is 88.1 Å². The van der Waals surface area contributed by atoms with E-state index in [1.165, 1.54) is 0 Å². The van der Waals surface area contributed by atoms with E-state index < -0.39 is 6.10 Å². The van der Waals surface area contributed by atoms with Gasteiger partial charge in [-0.05, 0) is 12.1 Å².